The summed E-state index contributed by atoms with van der Waals surface area (Å²) in [6.07, 6.45) is 5.41. The van der Waals surface area contributed by atoms with Gasteiger partial charge in [-0.15, -0.1) is 0 Å². The van der Waals surface area contributed by atoms with Gasteiger partial charge in [-0.3, -0.25) is 4.79 Å². The van der Waals surface area contributed by atoms with E-state index in [1.54, 1.807) is 0 Å². The Labute approximate surface area is 163 Å². The van der Waals surface area contributed by atoms with Gasteiger partial charge in [-0.1, -0.05) is 60.7 Å². The quantitative estimate of drug-likeness (QED) is 0.719. The Balaban J connectivity index is 1.44. The maximum atomic E-state index is 13.9. The van der Waals surface area contributed by atoms with Crippen LogP contribution in [0.25, 0.3) is 0 Å². The van der Waals surface area contributed by atoms with Gasteiger partial charge in [-0.05, 0) is 18.1 Å². The van der Waals surface area contributed by atoms with E-state index in [2.05, 4.69) is 53.5 Å². The van der Waals surface area contributed by atoms with E-state index in [1.165, 1.54) is 5.56 Å². The van der Waals surface area contributed by atoms with Crippen LogP contribution in [-0.2, 0) is 14.3 Å². The highest BCUT2D eigenvalue weighted by Crippen LogP contribution is 2.64. The zero-order valence-electron chi connectivity index (χ0n) is 15.4. The fraction of sp³-hybridized carbons (Fsp3) is 0.375. The number of hydrogen-bond acceptors (Lipinski definition) is 3. The van der Waals surface area contributed by atoms with Crippen molar-refractivity contribution in [2.75, 3.05) is 11.5 Å². The molecule has 4 nitrogen and oxygen atoms in total. The smallest absolute Gasteiger partial charge is 0.234 e. The van der Waals surface area contributed by atoms with Crippen LogP contribution in [0.15, 0.2) is 66.7 Å². The van der Waals surface area contributed by atoms with Crippen LogP contribution in [0.5, 0.6) is 0 Å². The molecule has 5 aliphatic heterocycles. The number of carbonyl (C=O) groups excluding carboxylic acids is 1. The molecule has 140 valence electrons. The Morgan fingerprint density at radius 3 is 2.75 bits per heavy atom. The largest absolute Gasteiger partial charge is 0.373 e. The molecule has 7 atom stereocenters. The van der Waals surface area contributed by atoms with Crippen molar-refractivity contribution < 1.29 is 14.3 Å². The minimum atomic E-state index is -0.535. The lowest BCUT2D eigenvalue weighted by Gasteiger charge is -2.43. The van der Waals surface area contributed by atoms with E-state index in [4.69, 9.17) is 9.47 Å². The van der Waals surface area contributed by atoms with Crippen LogP contribution in [0, 0.1) is 11.8 Å². The van der Waals surface area contributed by atoms with E-state index in [0.717, 1.165) is 24.3 Å². The van der Waals surface area contributed by atoms with Crippen molar-refractivity contribution in [3.8, 4) is 0 Å². The molecule has 7 unspecified atom stereocenters. The van der Waals surface area contributed by atoms with Crippen LogP contribution >= 0.6 is 0 Å². The number of ether oxygens (including phenoxy) is 2. The third kappa shape index (κ3) is 1.64. The highest BCUT2D eigenvalue weighted by molar-refractivity contribution is 6.03. The van der Waals surface area contributed by atoms with Crippen molar-refractivity contribution >= 4 is 11.6 Å². The molecule has 0 N–H and O–H groups in total. The van der Waals surface area contributed by atoms with Gasteiger partial charge in [0.1, 0.15) is 5.60 Å². The monoisotopic (exact) mass is 371 g/mol. The second-order valence-corrected chi connectivity index (χ2v) is 8.67. The third-order valence-electron chi connectivity index (χ3n) is 7.56. The molecule has 2 aromatic rings. The van der Waals surface area contributed by atoms with Crippen LogP contribution in [-0.4, -0.2) is 30.3 Å². The summed E-state index contributed by atoms with van der Waals surface area (Å²) in [5.41, 5.74) is 2.83. The topological polar surface area (TPSA) is 38.8 Å². The van der Waals surface area contributed by atoms with Crippen molar-refractivity contribution in [3.05, 3.63) is 77.9 Å². The van der Waals surface area contributed by atoms with Crippen LogP contribution < -0.4 is 4.90 Å². The first-order valence-corrected chi connectivity index (χ1v) is 10.3. The Morgan fingerprint density at radius 1 is 1.04 bits per heavy atom. The van der Waals surface area contributed by atoms with E-state index < -0.39 is 5.60 Å². The maximum absolute atomic E-state index is 13.9. The van der Waals surface area contributed by atoms with Gasteiger partial charge in [0.15, 0.2) is 0 Å². The van der Waals surface area contributed by atoms with Gasteiger partial charge in [0, 0.05) is 29.7 Å². The van der Waals surface area contributed by atoms with Gasteiger partial charge in [-0.25, -0.2) is 0 Å². The number of fused-ring (bicyclic) bond motifs is 7. The van der Waals surface area contributed by atoms with E-state index in [-0.39, 0.29) is 41.9 Å². The van der Waals surface area contributed by atoms with Gasteiger partial charge in [0.2, 0.25) is 5.91 Å². The summed E-state index contributed by atoms with van der Waals surface area (Å²) in [7, 11) is 0. The summed E-state index contributed by atoms with van der Waals surface area (Å²) >= 11 is 0. The first kappa shape index (κ1) is 15.5. The predicted molar refractivity (Wildman–Crippen MR) is 104 cm³/mol. The van der Waals surface area contributed by atoms with Crippen molar-refractivity contribution in [2.24, 2.45) is 11.8 Å². The second-order valence-electron chi connectivity index (χ2n) is 8.67. The van der Waals surface area contributed by atoms with Crippen LogP contribution in [0.2, 0.25) is 0 Å². The summed E-state index contributed by atoms with van der Waals surface area (Å²) < 4.78 is 12.9. The molecule has 4 heteroatoms. The predicted octanol–water partition coefficient (Wildman–Crippen LogP) is 3.60. The van der Waals surface area contributed by atoms with Crippen molar-refractivity contribution in [2.45, 2.75) is 36.2 Å². The number of hydrogen-bond donors (Lipinski definition) is 0. The number of rotatable bonds is 1. The molecule has 1 spiro atoms. The summed E-state index contributed by atoms with van der Waals surface area (Å²) in [4.78, 5) is 16.0. The SMILES string of the molecule is O=C1C2C(c3ccccc3)C3C=CC2(O3)C2C3CCOC3c3ccccc3N12. The lowest BCUT2D eigenvalue weighted by Crippen LogP contribution is -2.53. The number of benzene rings is 2. The molecule has 2 bridgehead atoms. The number of amides is 1. The van der Waals surface area contributed by atoms with Crippen molar-refractivity contribution in [1.82, 2.24) is 0 Å². The minimum absolute atomic E-state index is 0.0161. The zero-order valence-corrected chi connectivity index (χ0v) is 15.4. The lowest BCUT2D eigenvalue weighted by atomic mass is 9.68. The lowest BCUT2D eigenvalue weighted by molar-refractivity contribution is -0.121. The Morgan fingerprint density at radius 2 is 1.86 bits per heavy atom. The zero-order chi connectivity index (χ0) is 18.5. The average Bonchev–Trinajstić information content (AvgIpc) is 3.49. The molecule has 3 fully saturated rings. The molecule has 2 aromatic carbocycles. The summed E-state index contributed by atoms with van der Waals surface area (Å²) in [6.45, 7) is 0.748. The molecule has 5 heterocycles. The van der Waals surface area contributed by atoms with Crippen molar-refractivity contribution in [3.63, 3.8) is 0 Å². The molecule has 5 aliphatic rings. The van der Waals surface area contributed by atoms with Gasteiger partial charge in [-0.2, -0.15) is 0 Å². The fourth-order valence-electron chi connectivity index (χ4n) is 6.64. The van der Waals surface area contributed by atoms with Gasteiger partial charge in [0.05, 0.1) is 24.2 Å². The summed E-state index contributed by atoms with van der Waals surface area (Å²) in [6, 6.07) is 18.7. The fourth-order valence-corrected chi connectivity index (χ4v) is 6.64. The van der Waals surface area contributed by atoms with Gasteiger partial charge in [0.25, 0.3) is 0 Å². The van der Waals surface area contributed by atoms with Crippen LogP contribution in [0.3, 0.4) is 0 Å². The molecule has 1 amide bonds. The van der Waals surface area contributed by atoms with E-state index in [1.807, 2.05) is 18.2 Å². The standard InChI is InChI=1S/C24H21NO3/c26-23-20-19(14-6-2-1-3-7-14)18-10-12-24(20,28-18)22-16-11-13-27-21(16)15-8-4-5-9-17(15)25(22)23/h1-10,12,16,18-22H,11,13H2. The third-order valence-corrected chi connectivity index (χ3v) is 7.56. The molecule has 7 rings (SSSR count). The molecular weight excluding hydrogens is 350 g/mol. The normalized spacial score (nSPS) is 41.7. The van der Waals surface area contributed by atoms with Gasteiger partial charge >= 0.3 is 0 Å². The first-order chi connectivity index (χ1) is 13.8. The Kier molecular flexibility index (Phi) is 2.84. The number of nitrogens with zero attached hydrogens (tertiary/aromatic N) is 1. The Bertz CT molecular complexity index is 1020. The van der Waals surface area contributed by atoms with E-state index in [0.29, 0.717) is 0 Å². The van der Waals surface area contributed by atoms with E-state index in [9.17, 15) is 4.79 Å². The first-order valence-electron chi connectivity index (χ1n) is 10.3. The molecule has 3 saturated heterocycles. The minimum Gasteiger partial charge on any atom is -0.373 e. The van der Waals surface area contributed by atoms with E-state index >= 15 is 0 Å². The number of carbonyl (C=O) groups is 1. The Hall–Kier alpha value is -2.43. The van der Waals surface area contributed by atoms with Gasteiger partial charge < -0.3 is 14.4 Å². The number of para-hydroxylation sites is 1. The average molecular weight is 371 g/mol. The highest BCUT2D eigenvalue weighted by atomic mass is 16.5. The summed E-state index contributed by atoms with van der Waals surface area (Å²) in [5, 5.41) is 0. The number of anilines is 1. The molecule has 0 radical (unpaired) electrons. The molecular formula is C24H21NO3. The highest BCUT2D eigenvalue weighted by Gasteiger charge is 2.73. The van der Waals surface area contributed by atoms with Crippen molar-refractivity contribution in [1.29, 1.82) is 0 Å². The second kappa shape index (κ2) is 5.13. The molecule has 28 heavy (non-hydrogen) atoms. The molecule has 0 aliphatic carbocycles. The summed E-state index contributed by atoms with van der Waals surface area (Å²) in [5.74, 6) is 0.407. The molecule has 0 saturated carbocycles. The molecule has 0 aromatic heterocycles. The maximum Gasteiger partial charge on any atom is 0.234 e. The van der Waals surface area contributed by atoms with Crippen LogP contribution in [0.4, 0.5) is 5.69 Å². The van der Waals surface area contributed by atoms with Crippen LogP contribution in [0.1, 0.15) is 29.6 Å².